The Morgan fingerprint density at radius 3 is 2.43 bits per heavy atom. The van der Waals surface area contributed by atoms with Gasteiger partial charge in [0.15, 0.2) is 5.78 Å². The molecule has 3 rings (SSSR count). The van der Waals surface area contributed by atoms with Crippen molar-refractivity contribution in [1.82, 2.24) is 0 Å². The van der Waals surface area contributed by atoms with Crippen LogP contribution in [0.3, 0.4) is 0 Å². The van der Waals surface area contributed by atoms with Gasteiger partial charge in [0.1, 0.15) is 23.9 Å². The van der Waals surface area contributed by atoms with Crippen LogP contribution in [0.5, 0.6) is 17.2 Å². The number of Topliss-reactive ketones (excluding diaryl/α,β-unsaturated/α-hetero) is 1. The van der Waals surface area contributed by atoms with E-state index in [9.17, 15) is 20.1 Å². The predicted octanol–water partition coefficient (Wildman–Crippen LogP) is 2.02. The molecule has 0 spiro atoms. The highest BCUT2D eigenvalue weighted by Crippen LogP contribution is 2.38. The number of hydrogen-bond donors (Lipinski definition) is 3. The van der Waals surface area contributed by atoms with Crippen LogP contribution in [-0.4, -0.2) is 27.7 Å². The first-order valence-electron chi connectivity index (χ1n) is 6.53. The van der Waals surface area contributed by atoms with E-state index >= 15 is 0 Å². The normalized spacial score (nSPS) is 20.4. The van der Waals surface area contributed by atoms with Crippen molar-refractivity contribution in [2.24, 2.45) is 5.92 Å². The van der Waals surface area contributed by atoms with Crippen molar-refractivity contribution >= 4 is 5.78 Å². The van der Waals surface area contributed by atoms with Crippen LogP contribution in [0, 0.1) is 5.92 Å². The summed E-state index contributed by atoms with van der Waals surface area (Å²) in [6.07, 6.45) is -1.04. The number of ether oxygens (including phenoxy) is 1. The van der Waals surface area contributed by atoms with Gasteiger partial charge in [0.05, 0.1) is 12.0 Å². The first-order chi connectivity index (χ1) is 10.1. The molecule has 1 aliphatic rings. The molecule has 0 radical (unpaired) electrons. The standard InChI is InChI=1S/C16H14O5/c17-10-3-1-9(2-4-10)15(19)13-8-21-14-6-5-11(18)7-12(14)16(13)20/h1-7,13,16-18,20H,8H2. The van der Waals surface area contributed by atoms with Crippen molar-refractivity contribution < 1.29 is 24.9 Å². The minimum absolute atomic E-state index is 0.00846. The van der Waals surface area contributed by atoms with Crippen LogP contribution in [-0.2, 0) is 0 Å². The second kappa shape index (κ2) is 5.10. The number of carbonyl (C=O) groups excluding carboxylic acids is 1. The minimum Gasteiger partial charge on any atom is -0.508 e. The Kier molecular flexibility index (Phi) is 3.27. The number of fused-ring (bicyclic) bond motifs is 1. The van der Waals surface area contributed by atoms with Crippen LogP contribution in [0.25, 0.3) is 0 Å². The van der Waals surface area contributed by atoms with Crippen LogP contribution in [0.2, 0.25) is 0 Å². The van der Waals surface area contributed by atoms with Gasteiger partial charge < -0.3 is 20.1 Å². The number of aliphatic hydroxyl groups excluding tert-OH is 1. The van der Waals surface area contributed by atoms with Gasteiger partial charge in [0.25, 0.3) is 0 Å². The number of carbonyl (C=O) groups is 1. The smallest absolute Gasteiger partial charge is 0.172 e. The van der Waals surface area contributed by atoms with Crippen LogP contribution in [0.1, 0.15) is 22.0 Å². The Balaban J connectivity index is 1.90. The van der Waals surface area contributed by atoms with Gasteiger partial charge in [-0.05, 0) is 42.5 Å². The van der Waals surface area contributed by atoms with E-state index in [2.05, 4.69) is 0 Å². The highest BCUT2D eigenvalue weighted by atomic mass is 16.5. The van der Waals surface area contributed by atoms with Crippen molar-refractivity contribution in [3.05, 3.63) is 53.6 Å². The molecular formula is C16H14O5. The van der Waals surface area contributed by atoms with Crippen LogP contribution in [0.4, 0.5) is 0 Å². The third kappa shape index (κ3) is 2.43. The summed E-state index contributed by atoms with van der Waals surface area (Å²) in [6.45, 7) is 0.0681. The lowest BCUT2D eigenvalue weighted by atomic mass is 9.87. The molecule has 2 atom stereocenters. The molecule has 5 nitrogen and oxygen atoms in total. The van der Waals surface area contributed by atoms with Gasteiger partial charge in [-0.3, -0.25) is 4.79 Å². The molecule has 2 aromatic rings. The molecule has 0 amide bonds. The summed E-state index contributed by atoms with van der Waals surface area (Å²) in [5.74, 6) is -0.466. The van der Waals surface area contributed by atoms with Crippen molar-refractivity contribution in [2.45, 2.75) is 6.10 Å². The first kappa shape index (κ1) is 13.5. The Morgan fingerprint density at radius 2 is 1.71 bits per heavy atom. The molecule has 0 saturated carbocycles. The number of ketones is 1. The number of hydrogen-bond acceptors (Lipinski definition) is 5. The van der Waals surface area contributed by atoms with Crippen molar-refractivity contribution in [3.63, 3.8) is 0 Å². The lowest BCUT2D eigenvalue weighted by Crippen LogP contribution is -2.32. The molecular weight excluding hydrogens is 272 g/mol. The molecule has 0 saturated heterocycles. The summed E-state index contributed by atoms with van der Waals surface area (Å²) >= 11 is 0. The summed E-state index contributed by atoms with van der Waals surface area (Å²) < 4.78 is 5.49. The van der Waals surface area contributed by atoms with E-state index in [0.717, 1.165) is 0 Å². The van der Waals surface area contributed by atoms with Gasteiger partial charge in [-0.2, -0.15) is 0 Å². The van der Waals surface area contributed by atoms with Gasteiger partial charge in [0.2, 0.25) is 0 Å². The summed E-state index contributed by atoms with van der Waals surface area (Å²) in [6, 6.07) is 10.3. The fraction of sp³-hybridized carbons (Fsp3) is 0.188. The van der Waals surface area contributed by atoms with Gasteiger partial charge in [-0.25, -0.2) is 0 Å². The minimum atomic E-state index is -1.04. The van der Waals surface area contributed by atoms with E-state index in [1.165, 1.54) is 36.4 Å². The predicted molar refractivity (Wildman–Crippen MR) is 74.5 cm³/mol. The number of phenolic OH excluding ortho intramolecular Hbond substituents is 2. The highest BCUT2D eigenvalue weighted by molar-refractivity contribution is 5.98. The third-order valence-corrected chi connectivity index (χ3v) is 3.60. The summed E-state index contributed by atoms with van der Waals surface area (Å²) in [5, 5.41) is 29.1. The first-order valence-corrected chi connectivity index (χ1v) is 6.53. The van der Waals surface area contributed by atoms with Crippen molar-refractivity contribution in [1.29, 1.82) is 0 Å². The number of aromatic hydroxyl groups is 2. The molecule has 1 heterocycles. The van der Waals surface area contributed by atoms with E-state index in [4.69, 9.17) is 4.74 Å². The molecule has 1 aliphatic heterocycles. The SMILES string of the molecule is O=C(c1ccc(O)cc1)C1COc2ccc(O)cc2C1O. The molecule has 2 aromatic carbocycles. The molecule has 0 aromatic heterocycles. The zero-order valence-corrected chi connectivity index (χ0v) is 11.1. The number of benzene rings is 2. The maximum Gasteiger partial charge on any atom is 0.172 e. The van der Waals surface area contributed by atoms with Crippen molar-refractivity contribution in [3.8, 4) is 17.2 Å². The number of phenols is 2. The van der Waals surface area contributed by atoms with Crippen LogP contribution >= 0.6 is 0 Å². The summed E-state index contributed by atoms with van der Waals surface area (Å²) in [5.41, 5.74) is 0.794. The Bertz CT molecular complexity index is 678. The second-order valence-electron chi connectivity index (χ2n) is 5.00. The van der Waals surface area contributed by atoms with Crippen LogP contribution < -0.4 is 4.74 Å². The maximum absolute atomic E-state index is 12.4. The Morgan fingerprint density at radius 1 is 1.05 bits per heavy atom. The third-order valence-electron chi connectivity index (χ3n) is 3.60. The molecule has 0 fully saturated rings. The Hall–Kier alpha value is -2.53. The second-order valence-corrected chi connectivity index (χ2v) is 5.00. The fourth-order valence-corrected chi connectivity index (χ4v) is 2.44. The average Bonchev–Trinajstić information content (AvgIpc) is 2.48. The number of rotatable bonds is 2. The topological polar surface area (TPSA) is 87.0 Å². The van der Waals surface area contributed by atoms with Gasteiger partial charge in [-0.15, -0.1) is 0 Å². The molecule has 108 valence electrons. The zero-order valence-electron chi connectivity index (χ0n) is 11.1. The monoisotopic (exact) mass is 286 g/mol. The van der Waals surface area contributed by atoms with E-state index in [1.807, 2.05) is 0 Å². The Labute approximate surface area is 121 Å². The maximum atomic E-state index is 12.4. The van der Waals surface area contributed by atoms with E-state index in [0.29, 0.717) is 16.9 Å². The highest BCUT2D eigenvalue weighted by Gasteiger charge is 2.35. The molecule has 0 bridgehead atoms. The molecule has 2 unspecified atom stereocenters. The average molecular weight is 286 g/mol. The van der Waals surface area contributed by atoms with E-state index in [-0.39, 0.29) is 23.9 Å². The van der Waals surface area contributed by atoms with Gasteiger partial charge in [0, 0.05) is 11.1 Å². The fourth-order valence-electron chi connectivity index (χ4n) is 2.44. The largest absolute Gasteiger partial charge is 0.508 e. The zero-order chi connectivity index (χ0) is 15.0. The molecule has 3 N–H and O–H groups in total. The quantitative estimate of drug-likeness (QED) is 0.735. The summed E-state index contributed by atoms with van der Waals surface area (Å²) in [7, 11) is 0. The van der Waals surface area contributed by atoms with E-state index in [1.54, 1.807) is 6.07 Å². The lowest BCUT2D eigenvalue weighted by Gasteiger charge is -2.29. The lowest BCUT2D eigenvalue weighted by molar-refractivity contribution is 0.0416. The molecule has 21 heavy (non-hydrogen) atoms. The molecule has 5 heteroatoms. The van der Waals surface area contributed by atoms with E-state index < -0.39 is 12.0 Å². The number of aliphatic hydroxyl groups is 1. The molecule has 0 aliphatic carbocycles. The van der Waals surface area contributed by atoms with Gasteiger partial charge in [-0.1, -0.05) is 0 Å². The van der Waals surface area contributed by atoms with Crippen LogP contribution in [0.15, 0.2) is 42.5 Å². The van der Waals surface area contributed by atoms with Crippen molar-refractivity contribution in [2.75, 3.05) is 6.61 Å². The summed E-state index contributed by atoms with van der Waals surface area (Å²) in [4.78, 5) is 12.4. The van der Waals surface area contributed by atoms with Gasteiger partial charge >= 0.3 is 0 Å².